The van der Waals surface area contributed by atoms with Gasteiger partial charge < -0.3 is 10.0 Å². The Morgan fingerprint density at radius 1 is 0.960 bits per heavy atom. The number of aliphatic hydroxyl groups excluding tert-OH is 1. The third-order valence-corrected chi connectivity index (χ3v) is 7.38. The van der Waals surface area contributed by atoms with Crippen LogP contribution in [0.4, 0.5) is 0 Å². The minimum Gasteiger partial charge on any atom is -0.390 e. The minimum atomic E-state index is -2.83. The number of nitrogens with zero attached hydrogens (tertiary/aromatic N) is 4. The number of rotatable bonds is 6. The fourth-order valence-electron chi connectivity index (χ4n) is 4.08. The third kappa shape index (κ3) is 5.37. The first kappa shape index (κ1) is 19.0. The summed E-state index contributed by atoms with van der Waals surface area (Å²) in [6, 6.07) is 0.186. The van der Waals surface area contributed by atoms with Gasteiger partial charge in [-0.15, -0.1) is 0 Å². The van der Waals surface area contributed by atoms with E-state index in [1.54, 1.807) is 4.90 Å². The number of hydrogen-bond donors (Lipinski definition) is 1. The van der Waals surface area contributed by atoms with Crippen LogP contribution in [-0.4, -0.2) is 129 Å². The van der Waals surface area contributed by atoms with Crippen LogP contribution in [0.15, 0.2) is 0 Å². The number of carbonyl (C=O) groups is 1. The van der Waals surface area contributed by atoms with Crippen LogP contribution in [0.1, 0.15) is 6.42 Å². The standard InChI is InChI=1S/C16H30N4O4S/c21-14-19-4-2-17(3-5-19)11-16(22)12-18-6-8-20(9-7-18)15-1-10-25(23,24)13-15/h14-16,22H,1-13H2/t15-,16+/m1/s1. The zero-order chi connectivity index (χ0) is 17.9. The molecule has 0 unspecified atom stereocenters. The Kier molecular flexibility index (Phi) is 6.32. The average Bonchev–Trinajstić information content (AvgIpc) is 2.96. The van der Waals surface area contributed by atoms with Crippen LogP contribution >= 0.6 is 0 Å². The SMILES string of the molecule is O=CN1CCN(C[C@H](O)CN2CCN([C@@H]3CCS(=O)(=O)C3)CC2)CC1. The maximum atomic E-state index is 11.6. The van der Waals surface area contributed by atoms with Crippen molar-refractivity contribution >= 4 is 16.2 Å². The second kappa shape index (κ2) is 8.30. The van der Waals surface area contributed by atoms with Crippen LogP contribution < -0.4 is 0 Å². The summed E-state index contributed by atoms with van der Waals surface area (Å²) < 4.78 is 23.3. The smallest absolute Gasteiger partial charge is 0.209 e. The van der Waals surface area contributed by atoms with Crippen molar-refractivity contribution in [1.82, 2.24) is 19.6 Å². The molecule has 0 radical (unpaired) electrons. The fourth-order valence-corrected chi connectivity index (χ4v) is 5.84. The molecule has 0 aromatic rings. The molecule has 8 nitrogen and oxygen atoms in total. The molecule has 3 rings (SSSR count). The molecular formula is C16H30N4O4S. The zero-order valence-corrected chi connectivity index (χ0v) is 15.6. The summed E-state index contributed by atoms with van der Waals surface area (Å²) in [6.07, 6.45) is 1.27. The van der Waals surface area contributed by atoms with Gasteiger partial charge in [-0.05, 0) is 6.42 Å². The highest BCUT2D eigenvalue weighted by Gasteiger charge is 2.33. The van der Waals surface area contributed by atoms with E-state index in [1.807, 2.05) is 0 Å². The fraction of sp³-hybridized carbons (Fsp3) is 0.938. The zero-order valence-electron chi connectivity index (χ0n) is 14.8. The van der Waals surface area contributed by atoms with Gasteiger partial charge in [0.05, 0.1) is 17.6 Å². The Morgan fingerprint density at radius 2 is 1.52 bits per heavy atom. The summed E-state index contributed by atoms with van der Waals surface area (Å²) in [6.45, 7) is 7.94. The van der Waals surface area contributed by atoms with Crippen molar-refractivity contribution in [2.24, 2.45) is 0 Å². The summed E-state index contributed by atoms with van der Waals surface area (Å²) in [5, 5.41) is 10.4. The quantitative estimate of drug-likeness (QED) is 0.535. The first-order valence-corrected chi connectivity index (χ1v) is 11.0. The van der Waals surface area contributed by atoms with Crippen molar-refractivity contribution in [2.45, 2.75) is 18.6 Å². The normalized spacial score (nSPS) is 30.4. The number of piperazine rings is 2. The molecule has 25 heavy (non-hydrogen) atoms. The van der Waals surface area contributed by atoms with E-state index in [4.69, 9.17) is 0 Å². The lowest BCUT2D eigenvalue weighted by Gasteiger charge is -2.39. The highest BCUT2D eigenvalue weighted by molar-refractivity contribution is 7.91. The van der Waals surface area contributed by atoms with Crippen LogP contribution in [0.3, 0.4) is 0 Å². The molecule has 2 atom stereocenters. The molecule has 3 aliphatic heterocycles. The molecule has 144 valence electrons. The van der Waals surface area contributed by atoms with Crippen molar-refractivity contribution < 1.29 is 18.3 Å². The van der Waals surface area contributed by atoms with Crippen LogP contribution in [-0.2, 0) is 14.6 Å². The highest BCUT2D eigenvalue weighted by Crippen LogP contribution is 2.19. The average molecular weight is 375 g/mol. The van der Waals surface area contributed by atoms with Crippen molar-refractivity contribution in [3.05, 3.63) is 0 Å². The van der Waals surface area contributed by atoms with Gasteiger partial charge in [0.25, 0.3) is 0 Å². The van der Waals surface area contributed by atoms with Gasteiger partial charge >= 0.3 is 0 Å². The predicted molar refractivity (Wildman–Crippen MR) is 95.2 cm³/mol. The van der Waals surface area contributed by atoms with E-state index >= 15 is 0 Å². The van der Waals surface area contributed by atoms with Crippen molar-refractivity contribution in [3.8, 4) is 0 Å². The Hall–Kier alpha value is -0.740. The van der Waals surface area contributed by atoms with Gasteiger partial charge in [-0.2, -0.15) is 0 Å². The minimum absolute atomic E-state index is 0.186. The van der Waals surface area contributed by atoms with Gasteiger partial charge in [-0.3, -0.25) is 19.5 Å². The molecule has 3 fully saturated rings. The van der Waals surface area contributed by atoms with E-state index in [0.717, 1.165) is 65.2 Å². The van der Waals surface area contributed by atoms with Crippen LogP contribution in [0, 0.1) is 0 Å². The largest absolute Gasteiger partial charge is 0.390 e. The monoisotopic (exact) mass is 374 g/mol. The Morgan fingerprint density at radius 3 is 2.00 bits per heavy atom. The molecular weight excluding hydrogens is 344 g/mol. The van der Waals surface area contributed by atoms with Crippen LogP contribution in [0.25, 0.3) is 0 Å². The molecule has 1 amide bonds. The van der Waals surface area contributed by atoms with Gasteiger partial charge in [0.15, 0.2) is 9.84 Å². The lowest BCUT2D eigenvalue weighted by atomic mass is 10.2. The van der Waals surface area contributed by atoms with Gasteiger partial charge in [0, 0.05) is 71.5 Å². The Bertz CT molecular complexity index is 542. The Labute approximate surface area is 150 Å². The van der Waals surface area contributed by atoms with E-state index in [0.29, 0.717) is 24.6 Å². The molecule has 1 N–H and O–H groups in total. The second-order valence-corrected chi connectivity index (χ2v) is 9.72. The van der Waals surface area contributed by atoms with Crippen molar-refractivity contribution in [3.63, 3.8) is 0 Å². The Balaban J connectivity index is 1.35. The van der Waals surface area contributed by atoms with E-state index in [2.05, 4.69) is 14.7 Å². The number of sulfone groups is 1. The van der Waals surface area contributed by atoms with E-state index < -0.39 is 9.84 Å². The summed E-state index contributed by atoms with van der Waals surface area (Å²) >= 11 is 0. The van der Waals surface area contributed by atoms with E-state index in [-0.39, 0.29) is 12.1 Å². The number of β-amino-alcohol motifs (C(OH)–C–C–N with tert-alkyl or cyclic N) is 1. The molecule has 0 aliphatic carbocycles. The second-order valence-electron chi connectivity index (χ2n) is 7.49. The molecule has 9 heteroatoms. The van der Waals surface area contributed by atoms with Crippen molar-refractivity contribution in [2.75, 3.05) is 77.0 Å². The number of carbonyl (C=O) groups excluding carboxylic acids is 1. The lowest BCUT2D eigenvalue weighted by Crippen LogP contribution is -2.54. The lowest BCUT2D eigenvalue weighted by molar-refractivity contribution is -0.119. The predicted octanol–water partition coefficient (Wildman–Crippen LogP) is -2.07. The molecule has 0 spiro atoms. The molecule has 3 heterocycles. The third-order valence-electron chi connectivity index (χ3n) is 5.63. The van der Waals surface area contributed by atoms with Gasteiger partial charge in [-0.25, -0.2) is 8.42 Å². The van der Waals surface area contributed by atoms with E-state index in [1.165, 1.54) is 0 Å². The summed E-state index contributed by atoms with van der Waals surface area (Å²) in [4.78, 5) is 19.3. The summed E-state index contributed by atoms with van der Waals surface area (Å²) in [5.74, 6) is 0.635. The molecule has 3 aliphatic rings. The van der Waals surface area contributed by atoms with Crippen LogP contribution in [0.5, 0.6) is 0 Å². The van der Waals surface area contributed by atoms with Crippen LogP contribution in [0.2, 0.25) is 0 Å². The molecule has 0 saturated carbocycles. The highest BCUT2D eigenvalue weighted by atomic mass is 32.2. The molecule has 0 bridgehead atoms. The first-order valence-electron chi connectivity index (χ1n) is 9.22. The molecule has 0 aromatic heterocycles. The van der Waals surface area contributed by atoms with Gasteiger partial charge in [0.2, 0.25) is 6.41 Å². The first-order chi connectivity index (χ1) is 11.9. The maximum absolute atomic E-state index is 11.6. The van der Waals surface area contributed by atoms with Gasteiger partial charge in [0.1, 0.15) is 0 Å². The topological polar surface area (TPSA) is 84.4 Å². The summed E-state index contributed by atoms with van der Waals surface area (Å²) in [7, 11) is -2.83. The van der Waals surface area contributed by atoms with E-state index in [9.17, 15) is 18.3 Å². The number of hydrogen-bond acceptors (Lipinski definition) is 7. The number of amides is 1. The van der Waals surface area contributed by atoms with Crippen molar-refractivity contribution in [1.29, 1.82) is 0 Å². The molecule has 3 saturated heterocycles. The molecule has 0 aromatic carbocycles. The maximum Gasteiger partial charge on any atom is 0.209 e. The summed E-state index contributed by atoms with van der Waals surface area (Å²) in [5.41, 5.74) is 0. The number of aliphatic hydroxyl groups is 1. The van der Waals surface area contributed by atoms with Gasteiger partial charge in [-0.1, -0.05) is 0 Å².